The number of ether oxygens (including phenoxy) is 6. The van der Waals surface area contributed by atoms with Crippen molar-refractivity contribution in [1.82, 2.24) is 26.6 Å². The van der Waals surface area contributed by atoms with E-state index in [1.54, 1.807) is 18.2 Å². The van der Waals surface area contributed by atoms with Crippen LogP contribution in [0.2, 0.25) is 0 Å². The topological polar surface area (TPSA) is 116 Å². The zero-order valence-electron chi connectivity index (χ0n) is 43.1. The Balaban J connectivity index is 0.000000170. The molecule has 11 nitrogen and oxygen atoms in total. The summed E-state index contributed by atoms with van der Waals surface area (Å²) < 4.78 is 74.4. The molecule has 5 atom stereocenters. The number of halogens is 3. The van der Waals surface area contributed by atoms with E-state index in [0.717, 1.165) is 111 Å². The Hall–Kier alpha value is -4.71. The maximum atomic E-state index is 13.5. The monoisotopic (exact) mass is 1030 g/mol. The molecule has 5 aromatic rings. The molecule has 0 aromatic heterocycles. The van der Waals surface area contributed by atoms with Crippen molar-refractivity contribution in [2.24, 2.45) is 0 Å². The Morgan fingerprint density at radius 1 is 0.405 bits per heavy atom. The fraction of sp³-hybridized carbons (Fsp3) is 0.500. The fourth-order valence-corrected chi connectivity index (χ4v) is 10.3. The molecule has 0 bridgehead atoms. The van der Waals surface area contributed by atoms with Crippen LogP contribution in [0.4, 0.5) is 13.2 Å². The summed E-state index contributed by atoms with van der Waals surface area (Å²) in [7, 11) is 9.49. The van der Waals surface area contributed by atoms with Crippen molar-refractivity contribution in [3.05, 3.63) is 169 Å². The van der Waals surface area contributed by atoms with Crippen LogP contribution in [0, 0.1) is 24.4 Å². The molecule has 6 heterocycles. The van der Waals surface area contributed by atoms with Crippen LogP contribution in [0.15, 0.2) is 84.9 Å². The summed E-state index contributed by atoms with van der Waals surface area (Å²) in [6, 6.07) is 26.8. The molecule has 5 aromatic carbocycles. The van der Waals surface area contributed by atoms with Gasteiger partial charge >= 0.3 is 0 Å². The van der Waals surface area contributed by atoms with Crippen LogP contribution in [0.1, 0.15) is 112 Å². The van der Waals surface area contributed by atoms with E-state index in [1.807, 2.05) is 53.4 Å². The van der Waals surface area contributed by atoms with Gasteiger partial charge in [0, 0.05) is 55.8 Å². The second kappa shape index (κ2) is 30.7. The normalized spacial score (nSPS) is 20.4. The molecule has 0 spiro atoms. The molecule has 406 valence electrons. The minimum Gasteiger partial charge on any atom is -0.493 e. The molecule has 0 aliphatic carbocycles. The maximum Gasteiger partial charge on any atom is 0.129 e. The predicted octanol–water partition coefficient (Wildman–Crippen LogP) is 9.53. The van der Waals surface area contributed by atoms with Crippen molar-refractivity contribution in [2.75, 3.05) is 108 Å². The minimum atomic E-state index is -0.151. The summed E-state index contributed by atoms with van der Waals surface area (Å²) >= 11 is 0. The van der Waals surface area contributed by atoms with E-state index in [4.69, 9.17) is 28.4 Å². The van der Waals surface area contributed by atoms with Gasteiger partial charge in [-0.05, 0) is 137 Å². The van der Waals surface area contributed by atoms with Crippen LogP contribution in [0.25, 0.3) is 0 Å². The molecule has 0 amide bonds. The molecule has 0 saturated carbocycles. The molecule has 5 N–H and O–H groups in total. The Morgan fingerprint density at radius 2 is 0.811 bits per heavy atom. The first kappa shape index (κ1) is 60.2. The van der Waals surface area contributed by atoms with E-state index in [1.165, 1.54) is 51.6 Å². The molecule has 0 unspecified atom stereocenters. The largest absolute Gasteiger partial charge is 0.493 e. The zero-order chi connectivity index (χ0) is 50.8. The number of hydrogen-bond acceptors (Lipinski definition) is 11. The Labute approximate surface area is 440 Å². The Bertz CT molecular complexity index is 2430. The highest BCUT2D eigenvalue weighted by Crippen LogP contribution is 2.40. The lowest BCUT2D eigenvalue weighted by Gasteiger charge is -2.27. The average molecular weight is 1030 g/mol. The van der Waals surface area contributed by atoms with Gasteiger partial charge < -0.3 is 55.0 Å². The average Bonchev–Trinajstić information content (AvgIpc) is 3.88. The highest BCUT2D eigenvalue weighted by molar-refractivity contribution is 5.51. The lowest BCUT2D eigenvalue weighted by molar-refractivity contribution is 0.0409. The van der Waals surface area contributed by atoms with Gasteiger partial charge in [-0.25, -0.2) is 13.2 Å². The van der Waals surface area contributed by atoms with Gasteiger partial charge in [-0.15, -0.1) is 0 Å². The van der Waals surface area contributed by atoms with Crippen molar-refractivity contribution >= 4 is 0 Å². The first-order valence-electron chi connectivity index (χ1n) is 25.7. The van der Waals surface area contributed by atoms with Crippen LogP contribution < -0.4 is 31.3 Å². The Kier molecular flexibility index (Phi) is 25.0. The molecular formula is C60H84F3N5O6. The molecule has 6 aliphatic rings. The third-order valence-corrected chi connectivity index (χ3v) is 13.8. The second-order valence-corrected chi connectivity index (χ2v) is 18.7. The SMILES string of the molecule is C.C.CNC[C@@H]1OCCc2c(F)cccc21.CNC[C@@H]1OCCc2cc(C)ccc21.CNC[C@@H]1OCCc2ccc3c(c21)OCC3.CNC[C@@H]1OCCc2cccc(F)c21.CNC[C@H]1OCCc2cccc(F)c21. The molecule has 74 heavy (non-hydrogen) atoms. The van der Waals surface area contributed by atoms with Gasteiger partial charge in [0.15, 0.2) is 0 Å². The van der Waals surface area contributed by atoms with Gasteiger partial charge in [0.25, 0.3) is 0 Å². The van der Waals surface area contributed by atoms with Crippen molar-refractivity contribution in [3.63, 3.8) is 0 Å². The minimum absolute atomic E-state index is 0. The van der Waals surface area contributed by atoms with Crippen LogP contribution >= 0.6 is 0 Å². The molecule has 6 aliphatic heterocycles. The number of rotatable bonds is 10. The van der Waals surface area contributed by atoms with Crippen molar-refractivity contribution in [3.8, 4) is 5.75 Å². The lowest BCUT2D eigenvalue weighted by atomic mass is 9.93. The van der Waals surface area contributed by atoms with E-state index in [2.05, 4.69) is 63.8 Å². The van der Waals surface area contributed by atoms with Crippen LogP contribution in [0.5, 0.6) is 5.75 Å². The lowest BCUT2D eigenvalue weighted by Crippen LogP contribution is -2.26. The van der Waals surface area contributed by atoms with E-state index >= 15 is 0 Å². The molecule has 14 heteroatoms. The highest BCUT2D eigenvalue weighted by Gasteiger charge is 2.29. The fourth-order valence-electron chi connectivity index (χ4n) is 10.3. The molecule has 0 fully saturated rings. The van der Waals surface area contributed by atoms with Crippen LogP contribution in [-0.4, -0.2) is 108 Å². The maximum absolute atomic E-state index is 13.5. The summed E-state index contributed by atoms with van der Waals surface area (Å²) in [6.07, 6.45) is 5.53. The summed E-state index contributed by atoms with van der Waals surface area (Å²) in [5, 5.41) is 15.4. The summed E-state index contributed by atoms with van der Waals surface area (Å²) in [6.45, 7) is 10.4. The summed E-state index contributed by atoms with van der Waals surface area (Å²) in [4.78, 5) is 0. The number of hydrogen-bond donors (Lipinski definition) is 5. The number of likely N-dealkylation sites (N-methyl/N-ethyl adjacent to an activating group) is 5. The molecule has 0 radical (unpaired) electrons. The molecular weight excluding hydrogens is 944 g/mol. The van der Waals surface area contributed by atoms with Crippen molar-refractivity contribution < 1.29 is 41.6 Å². The van der Waals surface area contributed by atoms with E-state index in [-0.39, 0.29) is 62.8 Å². The Morgan fingerprint density at radius 3 is 1.35 bits per heavy atom. The van der Waals surface area contributed by atoms with Crippen molar-refractivity contribution in [2.45, 2.75) is 90.8 Å². The second-order valence-electron chi connectivity index (χ2n) is 18.7. The van der Waals surface area contributed by atoms with E-state index in [9.17, 15) is 13.2 Å². The zero-order valence-corrected chi connectivity index (χ0v) is 43.1. The van der Waals surface area contributed by atoms with Gasteiger partial charge in [-0.3, -0.25) is 0 Å². The number of fused-ring (bicyclic) bond motifs is 7. The summed E-state index contributed by atoms with van der Waals surface area (Å²) in [5.74, 6) is 0.689. The van der Waals surface area contributed by atoms with Gasteiger partial charge in [-0.2, -0.15) is 0 Å². The third kappa shape index (κ3) is 15.5. The third-order valence-electron chi connectivity index (χ3n) is 13.8. The first-order chi connectivity index (χ1) is 35.2. The molecule has 0 saturated heterocycles. The van der Waals surface area contributed by atoms with Crippen LogP contribution in [0.3, 0.4) is 0 Å². The van der Waals surface area contributed by atoms with Gasteiger partial charge in [-0.1, -0.05) is 87.1 Å². The predicted molar refractivity (Wildman–Crippen MR) is 291 cm³/mol. The van der Waals surface area contributed by atoms with Gasteiger partial charge in [0.05, 0.1) is 70.2 Å². The number of nitrogens with one attached hydrogen (secondary N) is 5. The smallest absolute Gasteiger partial charge is 0.129 e. The summed E-state index contributed by atoms with van der Waals surface area (Å²) in [5.41, 5.74) is 13.6. The van der Waals surface area contributed by atoms with Gasteiger partial charge in [0.2, 0.25) is 0 Å². The van der Waals surface area contributed by atoms with Crippen LogP contribution in [-0.2, 0) is 62.2 Å². The van der Waals surface area contributed by atoms with E-state index in [0.29, 0.717) is 39.3 Å². The molecule has 11 rings (SSSR count). The highest BCUT2D eigenvalue weighted by atomic mass is 19.1. The van der Waals surface area contributed by atoms with Gasteiger partial charge in [0.1, 0.15) is 23.2 Å². The van der Waals surface area contributed by atoms with E-state index < -0.39 is 0 Å². The number of aryl methyl sites for hydroxylation is 1. The first-order valence-corrected chi connectivity index (χ1v) is 25.7. The van der Waals surface area contributed by atoms with Crippen molar-refractivity contribution in [1.29, 1.82) is 0 Å². The standard InChI is InChI=1S/C13H17NO2.C12H17NO.3C11H14FNO.2CH4/c1-14-8-11-12-9(4-6-15-11)2-3-10-5-7-16-13(10)12;1-9-3-4-11-10(7-9)5-6-14-12(11)8-13-2;1-13-7-11-9-3-2-4-10(12)8(9)5-6-14-11;2*1-13-7-10-11-8(5-6-14-10)3-2-4-9(11)12;;/h2-3,11,14H,4-8H2,1H3;3-4,7,12-13H,5-6,8H2,1-2H3;2-4,11,13H,5-7H2,1H3;2*2-4,10,13H,5-7H2,1H3;2*1H4/t11-;12-;11-;2*10-;;/m00010../s1. The quantitative estimate of drug-likeness (QED) is 0.0922. The number of benzene rings is 5.